The predicted octanol–water partition coefficient (Wildman–Crippen LogP) is 0.136. The van der Waals surface area contributed by atoms with E-state index in [1.165, 1.54) is 34.1 Å². The van der Waals surface area contributed by atoms with Gasteiger partial charge in [0.05, 0.1) is 25.2 Å². The first-order chi connectivity index (χ1) is 9.16. The van der Waals surface area contributed by atoms with Crippen LogP contribution < -0.4 is 9.80 Å². The van der Waals surface area contributed by atoms with Crippen LogP contribution in [-0.2, 0) is 9.59 Å². The Morgan fingerprint density at radius 2 is 1.74 bits per heavy atom. The van der Waals surface area contributed by atoms with E-state index in [0.29, 0.717) is 5.69 Å². The van der Waals surface area contributed by atoms with Crippen molar-refractivity contribution in [1.82, 2.24) is 0 Å². The van der Waals surface area contributed by atoms with E-state index in [4.69, 9.17) is 0 Å². The van der Waals surface area contributed by atoms with Crippen molar-refractivity contribution in [3.05, 3.63) is 30.1 Å². The van der Waals surface area contributed by atoms with Crippen molar-refractivity contribution in [1.29, 1.82) is 0 Å². The molecule has 2 aliphatic heterocycles. The molecule has 19 heavy (non-hydrogen) atoms. The summed E-state index contributed by atoms with van der Waals surface area (Å²) in [5.74, 6) is -0.695. The Morgan fingerprint density at radius 3 is 2.37 bits per heavy atom. The summed E-state index contributed by atoms with van der Waals surface area (Å²) in [6.45, 7) is 1.92. The van der Waals surface area contributed by atoms with Gasteiger partial charge < -0.3 is 4.90 Å². The average Bonchev–Trinajstić information content (AvgIpc) is 3.00. The zero-order chi connectivity index (χ0) is 13.4. The Balaban J connectivity index is 1.84. The van der Waals surface area contributed by atoms with Crippen LogP contribution in [0.4, 0.5) is 10.1 Å². The molecule has 1 aromatic carbocycles. The van der Waals surface area contributed by atoms with Crippen LogP contribution in [0.25, 0.3) is 0 Å². The molecule has 0 radical (unpaired) electrons. The van der Waals surface area contributed by atoms with Crippen molar-refractivity contribution >= 4 is 17.5 Å². The topological polar surface area (TPSA) is 41.8 Å². The van der Waals surface area contributed by atoms with E-state index >= 15 is 0 Å². The highest BCUT2D eigenvalue weighted by atomic mass is 19.1. The molecule has 0 aromatic heterocycles. The van der Waals surface area contributed by atoms with Gasteiger partial charge in [-0.1, -0.05) is 0 Å². The minimum atomic E-state index is -0.371. The molecule has 2 heterocycles. The number of hydrogen-bond donors (Lipinski definition) is 1. The van der Waals surface area contributed by atoms with Crippen molar-refractivity contribution in [3.63, 3.8) is 0 Å². The maximum absolute atomic E-state index is 12.9. The van der Waals surface area contributed by atoms with Crippen LogP contribution >= 0.6 is 0 Å². The number of nitrogens with one attached hydrogen (secondary N) is 1. The Kier molecular flexibility index (Phi) is 3.06. The van der Waals surface area contributed by atoms with Crippen LogP contribution in [0.1, 0.15) is 19.3 Å². The predicted molar refractivity (Wildman–Crippen MR) is 67.2 cm³/mol. The average molecular weight is 263 g/mol. The normalized spacial score (nSPS) is 24.5. The Morgan fingerprint density at radius 1 is 1.11 bits per heavy atom. The number of hydrogen-bond acceptors (Lipinski definition) is 2. The van der Waals surface area contributed by atoms with Crippen molar-refractivity contribution in [2.24, 2.45) is 0 Å². The highest BCUT2D eigenvalue weighted by Crippen LogP contribution is 2.22. The molecule has 0 bridgehead atoms. The summed E-state index contributed by atoms with van der Waals surface area (Å²) in [7, 11) is 0. The van der Waals surface area contributed by atoms with E-state index in [1.54, 1.807) is 0 Å². The van der Waals surface area contributed by atoms with Gasteiger partial charge in [-0.05, 0) is 24.3 Å². The van der Waals surface area contributed by atoms with Gasteiger partial charge in [-0.15, -0.1) is 0 Å². The van der Waals surface area contributed by atoms with Gasteiger partial charge in [0, 0.05) is 12.8 Å². The van der Waals surface area contributed by atoms with E-state index in [-0.39, 0.29) is 30.1 Å². The van der Waals surface area contributed by atoms with E-state index in [2.05, 4.69) is 0 Å². The number of anilines is 1. The third kappa shape index (κ3) is 2.14. The quantitative estimate of drug-likeness (QED) is 0.771. The molecule has 0 spiro atoms. The van der Waals surface area contributed by atoms with Gasteiger partial charge in [0.25, 0.3) is 5.91 Å². The first-order valence-corrected chi connectivity index (χ1v) is 6.64. The smallest absolute Gasteiger partial charge is 0.292 e. The number of quaternary nitrogens is 1. The highest BCUT2D eigenvalue weighted by molar-refractivity contribution is 6.21. The van der Waals surface area contributed by atoms with E-state index in [0.717, 1.165) is 25.9 Å². The van der Waals surface area contributed by atoms with Gasteiger partial charge in [0.15, 0.2) is 6.04 Å². The second kappa shape index (κ2) is 4.74. The molecule has 3 rings (SSSR count). The number of likely N-dealkylation sites (tertiary alicyclic amines) is 1. The zero-order valence-corrected chi connectivity index (χ0v) is 10.6. The first-order valence-electron chi connectivity index (χ1n) is 6.64. The van der Waals surface area contributed by atoms with Crippen molar-refractivity contribution < 1.29 is 18.9 Å². The first kappa shape index (κ1) is 12.3. The van der Waals surface area contributed by atoms with E-state index < -0.39 is 0 Å². The number of amides is 2. The molecular formula is C14H16FN2O2+. The lowest BCUT2D eigenvalue weighted by atomic mass is 10.2. The van der Waals surface area contributed by atoms with Crippen molar-refractivity contribution in [3.8, 4) is 0 Å². The third-order valence-electron chi connectivity index (χ3n) is 3.97. The molecular weight excluding hydrogens is 247 g/mol. The summed E-state index contributed by atoms with van der Waals surface area (Å²) in [6, 6.07) is 5.25. The molecule has 2 fully saturated rings. The second-order valence-corrected chi connectivity index (χ2v) is 5.17. The minimum absolute atomic E-state index is 0.145. The van der Waals surface area contributed by atoms with Crippen LogP contribution in [0.2, 0.25) is 0 Å². The van der Waals surface area contributed by atoms with Gasteiger partial charge in [-0.25, -0.2) is 9.29 Å². The number of rotatable bonds is 2. The van der Waals surface area contributed by atoms with Crippen molar-refractivity contribution in [2.45, 2.75) is 25.3 Å². The fourth-order valence-electron chi connectivity index (χ4n) is 2.99. The molecule has 0 unspecified atom stereocenters. The molecule has 2 amide bonds. The van der Waals surface area contributed by atoms with Crippen LogP contribution in [0.3, 0.4) is 0 Å². The molecule has 1 atom stereocenters. The molecule has 2 aliphatic rings. The number of carbonyl (C=O) groups excluding carboxylic acids is 2. The summed E-state index contributed by atoms with van der Waals surface area (Å²) in [5.41, 5.74) is 0.470. The Labute approximate surface area is 110 Å². The second-order valence-electron chi connectivity index (χ2n) is 5.17. The number of halogens is 1. The summed E-state index contributed by atoms with van der Waals surface area (Å²) in [5, 5.41) is 0. The third-order valence-corrected chi connectivity index (χ3v) is 3.97. The van der Waals surface area contributed by atoms with Crippen LogP contribution in [0, 0.1) is 5.82 Å². The summed E-state index contributed by atoms with van der Waals surface area (Å²) < 4.78 is 12.9. The lowest BCUT2D eigenvalue weighted by Gasteiger charge is -2.19. The maximum atomic E-state index is 12.9. The van der Waals surface area contributed by atoms with Crippen LogP contribution in [-0.4, -0.2) is 30.9 Å². The van der Waals surface area contributed by atoms with Gasteiger partial charge >= 0.3 is 0 Å². The standard InChI is InChI=1S/C14H15FN2O2/c15-10-3-5-11(6-4-10)17-13(18)9-12(14(17)19)16-7-1-2-8-16/h3-6,12H,1-2,7-9H2/p+1/t12-/m0/s1. The lowest BCUT2D eigenvalue weighted by molar-refractivity contribution is -0.902. The molecule has 0 aliphatic carbocycles. The fourth-order valence-corrected chi connectivity index (χ4v) is 2.99. The lowest BCUT2D eigenvalue weighted by Crippen LogP contribution is -3.14. The Hall–Kier alpha value is -1.75. The molecule has 1 aromatic rings. The number of carbonyl (C=O) groups is 2. The fraction of sp³-hybridized carbons (Fsp3) is 0.429. The van der Waals surface area contributed by atoms with Gasteiger partial charge in [-0.2, -0.15) is 0 Å². The van der Waals surface area contributed by atoms with Gasteiger partial charge in [0.2, 0.25) is 5.91 Å². The molecule has 5 heteroatoms. The molecule has 2 saturated heterocycles. The maximum Gasteiger partial charge on any atom is 0.292 e. The van der Waals surface area contributed by atoms with E-state index in [1.807, 2.05) is 0 Å². The number of imide groups is 1. The highest BCUT2D eigenvalue weighted by Gasteiger charge is 2.46. The molecule has 0 saturated carbocycles. The van der Waals surface area contributed by atoms with Gasteiger partial charge in [-0.3, -0.25) is 9.59 Å². The van der Waals surface area contributed by atoms with Gasteiger partial charge in [0.1, 0.15) is 5.82 Å². The number of nitrogens with zero attached hydrogens (tertiary/aromatic N) is 1. The van der Waals surface area contributed by atoms with Crippen LogP contribution in [0.5, 0.6) is 0 Å². The summed E-state index contributed by atoms with van der Waals surface area (Å²) >= 11 is 0. The molecule has 4 nitrogen and oxygen atoms in total. The number of benzene rings is 1. The molecule has 1 N–H and O–H groups in total. The SMILES string of the molecule is O=C1C[C@H]([NH+]2CCCC2)C(=O)N1c1ccc(F)cc1. The zero-order valence-electron chi connectivity index (χ0n) is 10.6. The minimum Gasteiger partial charge on any atom is -0.324 e. The largest absolute Gasteiger partial charge is 0.324 e. The Bertz CT molecular complexity index is 509. The van der Waals surface area contributed by atoms with Crippen LogP contribution in [0.15, 0.2) is 24.3 Å². The van der Waals surface area contributed by atoms with E-state index in [9.17, 15) is 14.0 Å². The summed E-state index contributed by atoms with van der Waals surface area (Å²) in [4.78, 5) is 26.8. The summed E-state index contributed by atoms with van der Waals surface area (Å²) in [6.07, 6.45) is 2.50. The van der Waals surface area contributed by atoms with Crippen molar-refractivity contribution in [2.75, 3.05) is 18.0 Å². The molecule has 100 valence electrons. The monoisotopic (exact) mass is 263 g/mol.